The Morgan fingerprint density at radius 3 is 3.00 bits per heavy atom. The van der Waals surface area contributed by atoms with E-state index in [1.54, 1.807) is 0 Å². The number of thioether (sulfide) groups is 2. The highest BCUT2D eigenvalue weighted by molar-refractivity contribution is 8.06. The smallest absolute Gasteiger partial charge is 0.255 e. The molecule has 0 saturated carbocycles. The second-order valence-electron chi connectivity index (χ2n) is 4.59. The van der Waals surface area contributed by atoms with Crippen LogP contribution in [0.15, 0.2) is 4.79 Å². The van der Waals surface area contributed by atoms with Crippen molar-refractivity contribution in [2.45, 2.75) is 36.9 Å². The molecule has 3 heterocycles. The molecule has 18 heavy (non-hydrogen) atoms. The van der Waals surface area contributed by atoms with Crippen LogP contribution in [-0.4, -0.2) is 26.7 Å². The third-order valence-corrected chi connectivity index (χ3v) is 6.69. The molecule has 1 aromatic rings. The van der Waals surface area contributed by atoms with E-state index in [0.29, 0.717) is 17.0 Å². The Morgan fingerprint density at radius 2 is 2.17 bits per heavy atom. The molecule has 0 bridgehead atoms. The Labute approximate surface area is 115 Å². The van der Waals surface area contributed by atoms with Gasteiger partial charge in [-0.15, -0.1) is 11.8 Å². The number of hydrogen-bond donors (Lipinski definition) is 2. The van der Waals surface area contributed by atoms with Crippen LogP contribution in [0.5, 0.6) is 0 Å². The summed E-state index contributed by atoms with van der Waals surface area (Å²) in [6, 6.07) is 0. The SMILES string of the molecule is CCC1SCCSC1c1nc2c(c(=O)[nH]1)CNC2. The first-order valence-electron chi connectivity index (χ1n) is 6.35. The predicted molar refractivity (Wildman–Crippen MR) is 77.1 cm³/mol. The summed E-state index contributed by atoms with van der Waals surface area (Å²) in [5, 5.41) is 4.10. The van der Waals surface area contributed by atoms with Crippen molar-refractivity contribution >= 4 is 23.5 Å². The number of nitrogens with one attached hydrogen (secondary N) is 2. The fourth-order valence-electron chi connectivity index (χ4n) is 2.49. The summed E-state index contributed by atoms with van der Waals surface area (Å²) in [5.41, 5.74) is 1.81. The molecule has 98 valence electrons. The van der Waals surface area contributed by atoms with Gasteiger partial charge in [-0.1, -0.05) is 6.92 Å². The second-order valence-corrected chi connectivity index (χ2v) is 7.19. The van der Waals surface area contributed by atoms with Gasteiger partial charge < -0.3 is 10.3 Å². The van der Waals surface area contributed by atoms with Crippen molar-refractivity contribution in [1.29, 1.82) is 0 Å². The molecule has 1 fully saturated rings. The first-order valence-corrected chi connectivity index (χ1v) is 8.45. The van der Waals surface area contributed by atoms with Crippen LogP contribution in [0.2, 0.25) is 0 Å². The minimum absolute atomic E-state index is 0.0472. The number of fused-ring (bicyclic) bond motifs is 1. The quantitative estimate of drug-likeness (QED) is 0.865. The Morgan fingerprint density at radius 1 is 1.33 bits per heavy atom. The van der Waals surface area contributed by atoms with Gasteiger partial charge in [-0.25, -0.2) is 4.98 Å². The minimum Gasteiger partial charge on any atom is -0.309 e. The lowest BCUT2D eigenvalue weighted by molar-refractivity contribution is 0.731. The molecule has 3 rings (SSSR count). The van der Waals surface area contributed by atoms with Crippen LogP contribution >= 0.6 is 23.5 Å². The van der Waals surface area contributed by atoms with Gasteiger partial charge >= 0.3 is 0 Å². The van der Waals surface area contributed by atoms with Crippen molar-refractivity contribution in [3.8, 4) is 0 Å². The molecule has 4 nitrogen and oxygen atoms in total. The highest BCUT2D eigenvalue weighted by Crippen LogP contribution is 2.42. The minimum atomic E-state index is 0.0472. The lowest BCUT2D eigenvalue weighted by atomic mass is 10.2. The van der Waals surface area contributed by atoms with Crippen LogP contribution in [0.3, 0.4) is 0 Å². The van der Waals surface area contributed by atoms with Crippen LogP contribution in [0.25, 0.3) is 0 Å². The van der Waals surface area contributed by atoms with E-state index in [1.807, 2.05) is 23.5 Å². The predicted octanol–water partition coefficient (Wildman–Crippen LogP) is 1.67. The third-order valence-electron chi connectivity index (χ3n) is 3.44. The fraction of sp³-hybridized carbons (Fsp3) is 0.667. The second kappa shape index (κ2) is 5.27. The number of aromatic nitrogens is 2. The Hall–Kier alpha value is -0.460. The Balaban J connectivity index is 1.96. The molecule has 0 aromatic carbocycles. The summed E-state index contributed by atoms with van der Waals surface area (Å²) in [7, 11) is 0. The van der Waals surface area contributed by atoms with E-state index >= 15 is 0 Å². The van der Waals surface area contributed by atoms with Crippen LogP contribution in [0.1, 0.15) is 35.7 Å². The standard InChI is InChI=1S/C12H17N3OS2/c1-2-9-10(18-4-3-17-9)11-14-8-6-13-5-7(8)12(16)15-11/h9-10,13H,2-6H2,1H3,(H,14,15,16). The molecule has 1 saturated heterocycles. The van der Waals surface area contributed by atoms with Gasteiger partial charge in [0.2, 0.25) is 0 Å². The van der Waals surface area contributed by atoms with Crippen molar-refractivity contribution in [1.82, 2.24) is 15.3 Å². The number of aromatic amines is 1. The van der Waals surface area contributed by atoms with Gasteiger partial charge in [0.05, 0.1) is 16.5 Å². The largest absolute Gasteiger partial charge is 0.309 e. The summed E-state index contributed by atoms with van der Waals surface area (Å²) in [4.78, 5) is 19.7. The normalized spacial score (nSPS) is 27.2. The zero-order valence-corrected chi connectivity index (χ0v) is 12.0. The molecule has 0 radical (unpaired) electrons. The maximum atomic E-state index is 12.0. The Bertz CT molecular complexity index is 503. The molecule has 0 spiro atoms. The van der Waals surface area contributed by atoms with Crippen LogP contribution in [-0.2, 0) is 13.1 Å². The van der Waals surface area contributed by atoms with Gasteiger partial charge in [-0.2, -0.15) is 11.8 Å². The molecule has 0 aliphatic carbocycles. The number of rotatable bonds is 2. The van der Waals surface area contributed by atoms with E-state index in [1.165, 1.54) is 5.75 Å². The molecule has 2 atom stereocenters. The first kappa shape index (κ1) is 12.6. The van der Waals surface area contributed by atoms with Crippen LogP contribution < -0.4 is 10.9 Å². The average Bonchev–Trinajstić information content (AvgIpc) is 2.87. The highest BCUT2D eigenvalue weighted by atomic mass is 32.2. The maximum absolute atomic E-state index is 12.0. The van der Waals surface area contributed by atoms with E-state index in [9.17, 15) is 4.79 Å². The Kier molecular flexibility index (Phi) is 3.68. The van der Waals surface area contributed by atoms with Gasteiger partial charge in [0.1, 0.15) is 5.82 Å². The monoisotopic (exact) mass is 283 g/mol. The summed E-state index contributed by atoms with van der Waals surface area (Å²) in [6.45, 7) is 3.60. The maximum Gasteiger partial charge on any atom is 0.255 e. The fourth-order valence-corrected chi connectivity index (χ4v) is 5.50. The van der Waals surface area contributed by atoms with Gasteiger partial charge in [0, 0.05) is 29.8 Å². The molecule has 2 unspecified atom stereocenters. The zero-order chi connectivity index (χ0) is 12.5. The van der Waals surface area contributed by atoms with E-state index in [2.05, 4.69) is 22.2 Å². The molecular weight excluding hydrogens is 266 g/mol. The van der Waals surface area contributed by atoms with Gasteiger partial charge in [-0.05, 0) is 6.42 Å². The molecular formula is C12H17N3OS2. The molecule has 2 N–H and O–H groups in total. The van der Waals surface area contributed by atoms with Gasteiger partial charge in [0.15, 0.2) is 0 Å². The van der Waals surface area contributed by atoms with E-state index in [0.717, 1.165) is 35.8 Å². The summed E-state index contributed by atoms with van der Waals surface area (Å²) in [6.07, 6.45) is 1.13. The van der Waals surface area contributed by atoms with Crippen molar-refractivity contribution < 1.29 is 0 Å². The van der Waals surface area contributed by atoms with E-state index in [4.69, 9.17) is 0 Å². The number of nitrogens with zero attached hydrogens (tertiary/aromatic N) is 1. The molecule has 1 aromatic heterocycles. The first-order chi connectivity index (χ1) is 8.79. The molecule has 6 heteroatoms. The summed E-state index contributed by atoms with van der Waals surface area (Å²) < 4.78 is 0. The van der Waals surface area contributed by atoms with Crippen LogP contribution in [0.4, 0.5) is 0 Å². The summed E-state index contributed by atoms with van der Waals surface area (Å²) >= 11 is 3.94. The molecule has 2 aliphatic heterocycles. The van der Waals surface area contributed by atoms with E-state index in [-0.39, 0.29) is 5.56 Å². The topological polar surface area (TPSA) is 57.8 Å². The van der Waals surface area contributed by atoms with Crippen LogP contribution in [0, 0.1) is 0 Å². The van der Waals surface area contributed by atoms with Crippen molar-refractivity contribution in [3.05, 3.63) is 27.4 Å². The van der Waals surface area contributed by atoms with E-state index < -0.39 is 0 Å². The molecule has 0 amide bonds. The lowest BCUT2D eigenvalue weighted by Gasteiger charge is -2.29. The number of hydrogen-bond acceptors (Lipinski definition) is 5. The average molecular weight is 283 g/mol. The number of H-pyrrole nitrogens is 1. The highest BCUT2D eigenvalue weighted by Gasteiger charge is 2.29. The van der Waals surface area contributed by atoms with Crippen molar-refractivity contribution in [2.75, 3.05) is 11.5 Å². The van der Waals surface area contributed by atoms with Crippen molar-refractivity contribution in [3.63, 3.8) is 0 Å². The summed E-state index contributed by atoms with van der Waals surface area (Å²) in [5.74, 6) is 3.23. The third kappa shape index (κ3) is 2.21. The van der Waals surface area contributed by atoms with Crippen molar-refractivity contribution in [2.24, 2.45) is 0 Å². The lowest BCUT2D eigenvalue weighted by Crippen LogP contribution is -2.25. The molecule has 2 aliphatic rings. The zero-order valence-electron chi connectivity index (χ0n) is 10.4. The van der Waals surface area contributed by atoms with Gasteiger partial charge in [0.25, 0.3) is 5.56 Å². The van der Waals surface area contributed by atoms with Gasteiger partial charge in [-0.3, -0.25) is 4.79 Å².